The summed E-state index contributed by atoms with van der Waals surface area (Å²) in [7, 11) is 0. The van der Waals surface area contributed by atoms with E-state index in [4.69, 9.17) is 16.7 Å². The molecule has 0 unspecified atom stereocenters. The van der Waals surface area contributed by atoms with Gasteiger partial charge in [0.2, 0.25) is 0 Å². The summed E-state index contributed by atoms with van der Waals surface area (Å²) < 4.78 is 1.82. The summed E-state index contributed by atoms with van der Waals surface area (Å²) in [6, 6.07) is 7.58. The van der Waals surface area contributed by atoms with Crippen molar-refractivity contribution in [3.63, 3.8) is 0 Å². The number of aromatic nitrogens is 2. The molecular weight excluding hydrogens is 310 g/mol. The molecule has 0 aliphatic carbocycles. The number of benzene rings is 1. The van der Waals surface area contributed by atoms with Crippen molar-refractivity contribution in [3.8, 4) is 5.69 Å². The van der Waals surface area contributed by atoms with E-state index >= 15 is 0 Å². The lowest BCUT2D eigenvalue weighted by molar-refractivity contribution is 0.0954. The lowest BCUT2D eigenvalue weighted by Gasteiger charge is -2.09. The van der Waals surface area contributed by atoms with E-state index in [0.29, 0.717) is 29.5 Å². The fourth-order valence-corrected chi connectivity index (χ4v) is 2.91. The molecule has 1 aromatic heterocycles. The number of nitrogens with zero attached hydrogens (tertiary/aromatic N) is 2. The van der Waals surface area contributed by atoms with Gasteiger partial charge in [0, 0.05) is 6.54 Å². The highest BCUT2D eigenvalue weighted by atomic mass is 35.5. The molecule has 124 valence electrons. The van der Waals surface area contributed by atoms with E-state index in [1.54, 1.807) is 0 Å². The van der Waals surface area contributed by atoms with Crippen molar-refractivity contribution in [2.75, 3.05) is 6.54 Å². The predicted molar refractivity (Wildman–Crippen MR) is 94.5 cm³/mol. The van der Waals surface area contributed by atoms with E-state index in [2.05, 4.69) is 19.2 Å². The van der Waals surface area contributed by atoms with E-state index in [1.807, 2.05) is 42.8 Å². The molecule has 2 rings (SSSR count). The molecule has 0 saturated heterocycles. The molecule has 4 nitrogen and oxygen atoms in total. The maximum Gasteiger partial charge on any atom is 0.255 e. The minimum absolute atomic E-state index is 0.0571. The number of hydrogen-bond donors (Lipinski definition) is 1. The van der Waals surface area contributed by atoms with Crippen LogP contribution in [0.15, 0.2) is 24.3 Å². The standard InChI is InChI=1S/C18H24ClN3O/c1-5-15-17(18(23)20-6-2)14(11-12(3)4)21-22(15)16-10-8-7-9-13(16)19/h7-10,12H,5-6,11H2,1-4H3,(H,20,23). The van der Waals surface area contributed by atoms with E-state index in [0.717, 1.165) is 23.5 Å². The first-order valence-electron chi connectivity index (χ1n) is 8.13. The van der Waals surface area contributed by atoms with Gasteiger partial charge in [0.25, 0.3) is 5.91 Å². The van der Waals surface area contributed by atoms with E-state index in [9.17, 15) is 4.79 Å². The third-order valence-corrected chi connectivity index (χ3v) is 3.95. The quantitative estimate of drug-likeness (QED) is 0.867. The van der Waals surface area contributed by atoms with Gasteiger partial charge in [-0.2, -0.15) is 5.10 Å². The average Bonchev–Trinajstić information content (AvgIpc) is 2.85. The lowest BCUT2D eigenvalue weighted by Crippen LogP contribution is -2.25. The minimum Gasteiger partial charge on any atom is -0.352 e. The SMILES string of the molecule is CCNC(=O)c1c(CC(C)C)nn(-c2ccccc2Cl)c1CC. The first kappa shape index (κ1) is 17.5. The molecule has 2 aromatic rings. The summed E-state index contributed by atoms with van der Waals surface area (Å²) in [5.41, 5.74) is 3.25. The van der Waals surface area contributed by atoms with Gasteiger partial charge in [-0.1, -0.05) is 44.5 Å². The Bertz CT molecular complexity index is 692. The molecule has 0 aliphatic rings. The monoisotopic (exact) mass is 333 g/mol. The fraction of sp³-hybridized carbons (Fsp3) is 0.444. The highest BCUT2D eigenvalue weighted by Crippen LogP contribution is 2.26. The summed E-state index contributed by atoms with van der Waals surface area (Å²) in [4.78, 5) is 12.6. The van der Waals surface area contributed by atoms with E-state index < -0.39 is 0 Å². The summed E-state index contributed by atoms with van der Waals surface area (Å²) >= 11 is 6.33. The van der Waals surface area contributed by atoms with E-state index in [-0.39, 0.29) is 5.91 Å². The maximum absolute atomic E-state index is 12.6. The third-order valence-electron chi connectivity index (χ3n) is 3.64. The van der Waals surface area contributed by atoms with Crippen LogP contribution in [0.2, 0.25) is 5.02 Å². The summed E-state index contributed by atoms with van der Waals surface area (Å²) in [5.74, 6) is 0.362. The normalized spacial score (nSPS) is 11.0. The number of halogens is 1. The first-order chi connectivity index (χ1) is 11.0. The van der Waals surface area contributed by atoms with Crippen molar-refractivity contribution in [1.29, 1.82) is 0 Å². The van der Waals surface area contributed by atoms with Crippen LogP contribution in [0.1, 0.15) is 49.4 Å². The molecule has 0 aliphatic heterocycles. The molecule has 1 heterocycles. The topological polar surface area (TPSA) is 46.9 Å². The molecular formula is C18H24ClN3O. The molecule has 0 saturated carbocycles. The summed E-state index contributed by atoms with van der Waals surface area (Å²) in [6.07, 6.45) is 1.47. The average molecular weight is 334 g/mol. The Morgan fingerprint density at radius 3 is 2.57 bits per heavy atom. The highest BCUT2D eigenvalue weighted by Gasteiger charge is 2.24. The fourth-order valence-electron chi connectivity index (χ4n) is 2.69. The Hall–Kier alpha value is -1.81. The zero-order chi connectivity index (χ0) is 17.0. The summed E-state index contributed by atoms with van der Waals surface area (Å²) in [6.45, 7) is 8.81. The van der Waals surface area contributed by atoms with Gasteiger partial charge >= 0.3 is 0 Å². The van der Waals surface area contributed by atoms with Crippen LogP contribution in [0, 0.1) is 5.92 Å². The zero-order valence-corrected chi connectivity index (χ0v) is 14.9. The summed E-state index contributed by atoms with van der Waals surface area (Å²) in [5, 5.41) is 8.26. The Morgan fingerprint density at radius 1 is 1.30 bits per heavy atom. The third kappa shape index (κ3) is 3.75. The number of amides is 1. The second-order valence-electron chi connectivity index (χ2n) is 5.94. The number of carbonyl (C=O) groups excluding carboxylic acids is 1. The van der Waals surface area contributed by atoms with Crippen LogP contribution < -0.4 is 5.32 Å². The Balaban J connectivity index is 2.64. The minimum atomic E-state index is -0.0571. The molecule has 1 amide bonds. The van der Waals surface area contributed by atoms with Crippen LogP contribution in [0.4, 0.5) is 0 Å². The molecule has 1 aromatic carbocycles. The molecule has 0 fully saturated rings. The molecule has 0 bridgehead atoms. The van der Waals surface area contributed by atoms with Crippen LogP contribution in [0.5, 0.6) is 0 Å². The smallest absolute Gasteiger partial charge is 0.255 e. The Labute approximate surface area is 142 Å². The van der Waals surface area contributed by atoms with Crippen molar-refractivity contribution >= 4 is 17.5 Å². The number of nitrogens with one attached hydrogen (secondary N) is 1. The molecule has 5 heteroatoms. The second-order valence-corrected chi connectivity index (χ2v) is 6.35. The van der Waals surface area contributed by atoms with Crippen LogP contribution in [0.25, 0.3) is 5.69 Å². The van der Waals surface area contributed by atoms with Crippen molar-refractivity contribution < 1.29 is 4.79 Å². The van der Waals surface area contributed by atoms with Crippen molar-refractivity contribution in [2.45, 2.75) is 40.5 Å². The Morgan fingerprint density at radius 2 is 2.00 bits per heavy atom. The molecule has 0 spiro atoms. The number of hydrogen-bond acceptors (Lipinski definition) is 2. The lowest BCUT2D eigenvalue weighted by atomic mass is 10.0. The van der Waals surface area contributed by atoms with Gasteiger partial charge in [-0.25, -0.2) is 4.68 Å². The van der Waals surface area contributed by atoms with Gasteiger partial charge in [0.1, 0.15) is 0 Å². The van der Waals surface area contributed by atoms with Crippen LogP contribution in [-0.2, 0) is 12.8 Å². The van der Waals surface area contributed by atoms with Crippen LogP contribution >= 0.6 is 11.6 Å². The largest absolute Gasteiger partial charge is 0.352 e. The van der Waals surface area contributed by atoms with Gasteiger partial charge in [0.05, 0.1) is 27.7 Å². The predicted octanol–water partition coefficient (Wildman–Crippen LogP) is 4.04. The molecule has 0 atom stereocenters. The molecule has 1 N–H and O–H groups in total. The van der Waals surface area contributed by atoms with Crippen molar-refractivity contribution in [2.24, 2.45) is 5.92 Å². The van der Waals surface area contributed by atoms with Crippen molar-refractivity contribution in [1.82, 2.24) is 15.1 Å². The number of carbonyl (C=O) groups is 1. The van der Waals surface area contributed by atoms with Gasteiger partial charge < -0.3 is 5.32 Å². The molecule has 23 heavy (non-hydrogen) atoms. The Kier molecular flexibility index (Phi) is 5.83. The van der Waals surface area contributed by atoms with Crippen LogP contribution in [-0.4, -0.2) is 22.2 Å². The van der Waals surface area contributed by atoms with E-state index in [1.165, 1.54) is 0 Å². The highest BCUT2D eigenvalue weighted by molar-refractivity contribution is 6.32. The maximum atomic E-state index is 12.6. The first-order valence-corrected chi connectivity index (χ1v) is 8.51. The van der Waals surface area contributed by atoms with Gasteiger partial charge in [-0.3, -0.25) is 4.79 Å². The van der Waals surface area contributed by atoms with Gasteiger partial charge in [-0.05, 0) is 37.8 Å². The number of para-hydroxylation sites is 1. The number of rotatable bonds is 6. The van der Waals surface area contributed by atoms with Crippen molar-refractivity contribution in [3.05, 3.63) is 46.2 Å². The van der Waals surface area contributed by atoms with Gasteiger partial charge in [0.15, 0.2) is 0 Å². The molecule has 0 radical (unpaired) electrons. The van der Waals surface area contributed by atoms with Crippen LogP contribution in [0.3, 0.4) is 0 Å². The van der Waals surface area contributed by atoms with Gasteiger partial charge in [-0.15, -0.1) is 0 Å². The second kappa shape index (κ2) is 7.64. The zero-order valence-electron chi connectivity index (χ0n) is 14.2.